The van der Waals surface area contributed by atoms with E-state index in [0.29, 0.717) is 16.6 Å². The number of benzene rings is 3. The Bertz CT molecular complexity index is 1410. The van der Waals surface area contributed by atoms with Gasteiger partial charge >= 0.3 is 0 Å². The van der Waals surface area contributed by atoms with E-state index in [2.05, 4.69) is 4.98 Å². The molecule has 0 saturated heterocycles. The molecule has 0 saturated carbocycles. The summed E-state index contributed by atoms with van der Waals surface area (Å²) in [6.07, 6.45) is 0. The average molecular weight is 367 g/mol. The number of rotatable bonds is 3. The molecule has 0 spiro atoms. The minimum Gasteiger partial charge on any atom is -0.369 e. The molecule has 136 valence electrons. The van der Waals surface area contributed by atoms with Gasteiger partial charge in [0.25, 0.3) is 5.56 Å². The number of hydrogen-bond acceptors (Lipinski definition) is 2. The molecule has 3 aromatic carbocycles. The molecule has 3 N–H and O–H groups in total. The van der Waals surface area contributed by atoms with Gasteiger partial charge in [-0.2, -0.15) is 0 Å². The van der Waals surface area contributed by atoms with Gasteiger partial charge in [-0.1, -0.05) is 60.7 Å². The van der Waals surface area contributed by atoms with E-state index in [-0.39, 0.29) is 5.56 Å². The number of nitrogens with one attached hydrogen (secondary N) is 1. The quantitative estimate of drug-likeness (QED) is 0.511. The zero-order chi connectivity index (χ0) is 19.3. The van der Waals surface area contributed by atoms with Crippen molar-refractivity contribution in [1.29, 1.82) is 0 Å². The lowest BCUT2D eigenvalue weighted by molar-refractivity contribution is -0.118. The van der Waals surface area contributed by atoms with Crippen LogP contribution in [0.25, 0.3) is 27.5 Å². The summed E-state index contributed by atoms with van der Waals surface area (Å²) in [5.74, 6) is -1.15. The predicted molar refractivity (Wildman–Crippen MR) is 111 cm³/mol. The van der Waals surface area contributed by atoms with Gasteiger partial charge in [-0.3, -0.25) is 14.0 Å². The Balaban J connectivity index is 2.03. The van der Waals surface area contributed by atoms with Crippen LogP contribution in [0.2, 0.25) is 0 Å². The molecule has 0 aliphatic heterocycles. The van der Waals surface area contributed by atoms with Gasteiger partial charge in [0, 0.05) is 10.9 Å². The van der Waals surface area contributed by atoms with Crippen LogP contribution < -0.4 is 11.3 Å². The van der Waals surface area contributed by atoms with Crippen molar-refractivity contribution in [2.75, 3.05) is 0 Å². The van der Waals surface area contributed by atoms with E-state index in [4.69, 9.17) is 5.73 Å². The van der Waals surface area contributed by atoms with Crippen molar-refractivity contribution < 1.29 is 4.79 Å². The van der Waals surface area contributed by atoms with Crippen molar-refractivity contribution in [3.63, 3.8) is 0 Å². The Morgan fingerprint density at radius 2 is 1.50 bits per heavy atom. The van der Waals surface area contributed by atoms with Crippen molar-refractivity contribution in [3.05, 3.63) is 100 Å². The molecule has 2 heterocycles. The fourth-order valence-corrected chi connectivity index (χ4v) is 4.04. The summed E-state index contributed by atoms with van der Waals surface area (Å²) in [5, 5.41) is 1.29. The Morgan fingerprint density at radius 1 is 0.857 bits per heavy atom. The Kier molecular flexibility index (Phi) is 3.55. The Labute approximate surface area is 160 Å². The smallest absolute Gasteiger partial charge is 0.264 e. The number of aromatic amines is 1. The second-order valence-corrected chi connectivity index (χ2v) is 6.84. The van der Waals surface area contributed by atoms with Gasteiger partial charge in [-0.05, 0) is 29.1 Å². The number of pyridine rings is 1. The zero-order valence-electron chi connectivity index (χ0n) is 14.9. The number of para-hydroxylation sites is 2. The molecule has 0 aliphatic carbocycles. The van der Waals surface area contributed by atoms with Crippen LogP contribution in [0.1, 0.15) is 17.0 Å². The fourth-order valence-electron chi connectivity index (χ4n) is 4.04. The Morgan fingerprint density at radius 3 is 2.25 bits per heavy atom. The maximum absolute atomic E-state index is 13.3. The number of H-pyrrole nitrogens is 1. The number of carbonyl (C=O) groups is 1. The molecule has 5 rings (SSSR count). The van der Waals surface area contributed by atoms with Gasteiger partial charge < -0.3 is 10.7 Å². The second-order valence-electron chi connectivity index (χ2n) is 6.84. The monoisotopic (exact) mass is 367 g/mol. The molecule has 0 radical (unpaired) electrons. The van der Waals surface area contributed by atoms with Crippen LogP contribution in [0.4, 0.5) is 0 Å². The summed E-state index contributed by atoms with van der Waals surface area (Å²) in [6, 6.07) is 24.4. The van der Waals surface area contributed by atoms with Gasteiger partial charge in [-0.15, -0.1) is 0 Å². The van der Waals surface area contributed by atoms with Crippen molar-refractivity contribution in [2.24, 2.45) is 5.73 Å². The van der Waals surface area contributed by atoms with E-state index in [9.17, 15) is 9.59 Å². The first-order valence-electron chi connectivity index (χ1n) is 9.05. The molecule has 1 unspecified atom stereocenters. The third-order valence-electron chi connectivity index (χ3n) is 5.23. The first kappa shape index (κ1) is 16.3. The number of carbonyl (C=O) groups excluding carboxylic acids is 1. The van der Waals surface area contributed by atoms with Gasteiger partial charge in [-0.25, -0.2) is 0 Å². The van der Waals surface area contributed by atoms with Crippen molar-refractivity contribution >= 4 is 33.4 Å². The molecule has 1 amide bonds. The largest absolute Gasteiger partial charge is 0.369 e. The maximum atomic E-state index is 13.3. The van der Waals surface area contributed by atoms with Crippen molar-refractivity contribution in [3.8, 4) is 0 Å². The molecule has 0 bridgehead atoms. The van der Waals surface area contributed by atoms with Crippen LogP contribution in [0.5, 0.6) is 0 Å². The third-order valence-corrected chi connectivity index (χ3v) is 5.23. The Hall–Kier alpha value is -3.86. The van der Waals surface area contributed by atoms with Crippen molar-refractivity contribution in [2.45, 2.75) is 5.92 Å². The van der Waals surface area contributed by atoms with Crippen molar-refractivity contribution in [1.82, 2.24) is 9.38 Å². The molecule has 5 nitrogen and oxygen atoms in total. The minimum absolute atomic E-state index is 0.122. The summed E-state index contributed by atoms with van der Waals surface area (Å²) in [5.41, 5.74) is 9.45. The highest BCUT2D eigenvalue weighted by molar-refractivity contribution is 5.99. The molecule has 1 atom stereocenters. The van der Waals surface area contributed by atoms with Gasteiger partial charge in [0.15, 0.2) is 0 Å². The highest BCUT2D eigenvalue weighted by Gasteiger charge is 2.27. The highest BCUT2D eigenvalue weighted by atomic mass is 16.1. The van der Waals surface area contributed by atoms with Crippen LogP contribution in [0, 0.1) is 0 Å². The first-order chi connectivity index (χ1) is 13.7. The molecule has 0 fully saturated rings. The summed E-state index contributed by atoms with van der Waals surface area (Å²) >= 11 is 0. The molecule has 2 aromatic heterocycles. The molecular formula is C23H17N3O2. The average Bonchev–Trinajstić information content (AvgIpc) is 3.11. The summed E-state index contributed by atoms with van der Waals surface area (Å²) in [4.78, 5) is 29.2. The minimum atomic E-state index is -0.685. The second kappa shape index (κ2) is 6.09. The van der Waals surface area contributed by atoms with Gasteiger partial charge in [0.05, 0.1) is 17.0 Å². The van der Waals surface area contributed by atoms with Crippen LogP contribution in [0.3, 0.4) is 0 Å². The van der Waals surface area contributed by atoms with E-state index in [1.165, 1.54) is 0 Å². The number of imidazole rings is 1. The van der Waals surface area contributed by atoms with E-state index >= 15 is 0 Å². The van der Waals surface area contributed by atoms with Crippen LogP contribution in [0.15, 0.2) is 83.7 Å². The number of nitrogens with zero attached hydrogens (tertiary/aromatic N) is 1. The third kappa shape index (κ3) is 2.26. The number of amides is 1. The van der Waals surface area contributed by atoms with Crippen LogP contribution in [-0.4, -0.2) is 15.3 Å². The maximum Gasteiger partial charge on any atom is 0.264 e. The molecule has 0 aliphatic rings. The summed E-state index contributed by atoms with van der Waals surface area (Å²) in [7, 11) is 0. The lowest BCUT2D eigenvalue weighted by Crippen LogP contribution is -2.25. The van der Waals surface area contributed by atoms with Crippen LogP contribution >= 0.6 is 0 Å². The number of hydrogen-bond donors (Lipinski definition) is 2. The van der Waals surface area contributed by atoms with Gasteiger partial charge in [0.1, 0.15) is 5.65 Å². The topological polar surface area (TPSA) is 80.4 Å². The number of primary amides is 1. The molecule has 28 heavy (non-hydrogen) atoms. The summed E-state index contributed by atoms with van der Waals surface area (Å²) < 4.78 is 1.64. The van der Waals surface area contributed by atoms with Crippen LogP contribution in [-0.2, 0) is 4.79 Å². The standard InChI is InChI=1S/C23H17N3O2/c24-21(27)19(14-8-2-1-3-9-14)20-15-10-4-5-11-16(15)23(28)26-18-13-7-6-12-17(18)25-22(20)26/h1-13,19,25H,(H2,24,27). The summed E-state index contributed by atoms with van der Waals surface area (Å²) in [6.45, 7) is 0. The van der Waals surface area contributed by atoms with E-state index in [1.807, 2.05) is 72.8 Å². The highest BCUT2D eigenvalue weighted by Crippen LogP contribution is 2.33. The van der Waals surface area contributed by atoms with E-state index in [0.717, 1.165) is 22.0 Å². The zero-order valence-corrected chi connectivity index (χ0v) is 14.9. The van der Waals surface area contributed by atoms with Gasteiger partial charge in [0.2, 0.25) is 5.91 Å². The predicted octanol–water partition coefficient (Wildman–Crippen LogP) is 3.55. The molecular weight excluding hydrogens is 350 g/mol. The lowest BCUT2D eigenvalue weighted by Gasteiger charge is -2.18. The van der Waals surface area contributed by atoms with E-state index < -0.39 is 11.8 Å². The first-order valence-corrected chi connectivity index (χ1v) is 9.05. The van der Waals surface area contributed by atoms with E-state index in [1.54, 1.807) is 10.5 Å². The molecule has 5 heteroatoms. The molecule has 5 aromatic rings. The number of aromatic nitrogens is 2. The number of nitrogens with two attached hydrogens (primary N) is 1. The lowest BCUT2D eigenvalue weighted by atomic mass is 9.88. The fraction of sp³-hybridized carbons (Fsp3) is 0.0435. The number of fused-ring (bicyclic) bond motifs is 4. The normalized spacial score (nSPS) is 12.6. The SMILES string of the molecule is NC(=O)C(c1ccccc1)c1c2ccccc2c(=O)n2c1[nH]c1ccccc12.